The minimum Gasteiger partial charge on any atom is -0.484 e. The number of benzene rings is 2. The molecule has 1 saturated heterocycles. The molecule has 7 heteroatoms. The molecule has 31 heavy (non-hydrogen) atoms. The normalized spacial score (nSPS) is 14.1. The average Bonchev–Trinajstić information content (AvgIpc) is 3.26. The molecular weight excluding hydrogens is 392 g/mol. The Morgan fingerprint density at radius 2 is 1.94 bits per heavy atom. The van der Waals surface area contributed by atoms with E-state index in [2.05, 4.69) is 20.2 Å². The van der Waals surface area contributed by atoms with Crippen molar-refractivity contribution in [3.8, 4) is 17.1 Å². The molecule has 0 bridgehead atoms. The summed E-state index contributed by atoms with van der Waals surface area (Å²) < 4.78 is 5.63. The molecule has 162 valence electrons. The predicted octanol–water partition coefficient (Wildman–Crippen LogP) is 3.48. The van der Waals surface area contributed by atoms with Crippen LogP contribution in [0.3, 0.4) is 0 Å². The first-order valence-electron chi connectivity index (χ1n) is 10.6. The number of amides is 1. The van der Waals surface area contributed by atoms with E-state index in [-0.39, 0.29) is 23.6 Å². The monoisotopic (exact) mass is 420 g/mol. The molecule has 3 aromatic rings. The molecule has 0 unspecified atom stereocenters. The largest absolute Gasteiger partial charge is 0.484 e. The summed E-state index contributed by atoms with van der Waals surface area (Å²) in [5.41, 5.74) is 1.95. The van der Waals surface area contributed by atoms with Crippen LogP contribution in [-0.2, 0) is 4.79 Å². The van der Waals surface area contributed by atoms with Gasteiger partial charge < -0.3 is 19.9 Å². The molecule has 1 aliphatic rings. The van der Waals surface area contributed by atoms with Gasteiger partial charge in [0.05, 0.1) is 10.9 Å². The molecule has 0 radical (unpaired) electrons. The van der Waals surface area contributed by atoms with Crippen LogP contribution >= 0.6 is 0 Å². The van der Waals surface area contributed by atoms with Crippen LogP contribution in [0.15, 0.2) is 47.3 Å². The number of carbonyl (C=O) groups is 1. The lowest BCUT2D eigenvalue weighted by atomic mass is 10.1. The zero-order valence-electron chi connectivity index (χ0n) is 18.2. The molecule has 2 aromatic carbocycles. The molecule has 1 fully saturated rings. The number of ether oxygens (including phenoxy) is 1. The lowest BCUT2D eigenvalue weighted by Gasteiger charge is -2.20. The highest BCUT2D eigenvalue weighted by molar-refractivity contribution is 5.83. The quantitative estimate of drug-likeness (QED) is 0.660. The topological polar surface area (TPSA) is 87.3 Å². The van der Waals surface area contributed by atoms with E-state index in [0.717, 1.165) is 24.3 Å². The maximum atomic E-state index is 12.8. The Bertz CT molecular complexity index is 1160. The predicted molar refractivity (Wildman–Crippen MR) is 123 cm³/mol. The summed E-state index contributed by atoms with van der Waals surface area (Å²) in [5, 5.41) is 3.44. The smallest absolute Gasteiger partial charge is 0.259 e. The van der Waals surface area contributed by atoms with Gasteiger partial charge in [0.2, 0.25) is 0 Å². The third-order valence-corrected chi connectivity index (χ3v) is 5.15. The Morgan fingerprint density at radius 1 is 1.16 bits per heavy atom. The molecule has 2 heterocycles. The van der Waals surface area contributed by atoms with E-state index >= 15 is 0 Å². The number of fused-ring (bicyclic) bond motifs is 1. The van der Waals surface area contributed by atoms with E-state index in [1.165, 1.54) is 12.8 Å². The molecule has 1 aromatic heterocycles. The van der Waals surface area contributed by atoms with Crippen LogP contribution in [0.25, 0.3) is 22.3 Å². The number of aromatic nitrogens is 2. The highest BCUT2D eigenvalue weighted by Crippen LogP contribution is 2.25. The number of H-pyrrole nitrogens is 1. The van der Waals surface area contributed by atoms with Gasteiger partial charge in [0.15, 0.2) is 6.61 Å². The van der Waals surface area contributed by atoms with Crippen LogP contribution in [0.5, 0.6) is 5.75 Å². The number of hydrogen-bond donors (Lipinski definition) is 2. The number of anilines is 1. The average molecular weight is 421 g/mol. The number of aromatic amines is 1. The molecular formula is C24H28N4O3. The van der Waals surface area contributed by atoms with E-state index < -0.39 is 0 Å². The first kappa shape index (κ1) is 20.9. The molecule has 0 saturated carbocycles. The summed E-state index contributed by atoms with van der Waals surface area (Å²) >= 11 is 0. The van der Waals surface area contributed by atoms with Crippen molar-refractivity contribution in [2.45, 2.75) is 39.2 Å². The van der Waals surface area contributed by atoms with E-state index in [0.29, 0.717) is 22.5 Å². The Morgan fingerprint density at radius 3 is 2.68 bits per heavy atom. The summed E-state index contributed by atoms with van der Waals surface area (Å²) in [6.45, 7) is 7.72. The fraction of sp³-hybridized carbons (Fsp3) is 0.375. The number of carbonyl (C=O) groups excluding carboxylic acids is 1. The Labute approximate surface area is 181 Å². The van der Waals surface area contributed by atoms with Crippen molar-refractivity contribution < 1.29 is 9.53 Å². The van der Waals surface area contributed by atoms with Gasteiger partial charge in [-0.1, -0.05) is 12.1 Å². The maximum absolute atomic E-state index is 12.8. The van der Waals surface area contributed by atoms with Crippen molar-refractivity contribution in [3.63, 3.8) is 0 Å². The molecule has 2 N–H and O–H groups in total. The number of rotatable bonds is 5. The Kier molecular flexibility index (Phi) is 5.67. The van der Waals surface area contributed by atoms with E-state index in [1.54, 1.807) is 12.1 Å². The summed E-state index contributed by atoms with van der Waals surface area (Å²) in [5.74, 6) is 0.814. The van der Waals surface area contributed by atoms with Crippen LogP contribution in [0.4, 0.5) is 5.69 Å². The van der Waals surface area contributed by atoms with Crippen molar-refractivity contribution >= 4 is 22.5 Å². The Hall–Kier alpha value is -3.35. The Balaban J connectivity index is 1.56. The first-order valence-corrected chi connectivity index (χ1v) is 10.6. The highest BCUT2D eigenvalue weighted by atomic mass is 16.5. The second kappa shape index (κ2) is 8.41. The van der Waals surface area contributed by atoms with E-state index in [4.69, 9.17) is 4.74 Å². The van der Waals surface area contributed by atoms with Gasteiger partial charge in [-0.15, -0.1) is 0 Å². The zero-order valence-corrected chi connectivity index (χ0v) is 18.2. The second-order valence-electron chi connectivity index (χ2n) is 8.92. The van der Waals surface area contributed by atoms with Crippen molar-refractivity contribution in [1.82, 2.24) is 15.3 Å². The molecule has 4 rings (SSSR count). The van der Waals surface area contributed by atoms with Crippen LogP contribution in [0.2, 0.25) is 0 Å². The highest BCUT2D eigenvalue weighted by Gasteiger charge is 2.16. The van der Waals surface area contributed by atoms with Gasteiger partial charge in [0.25, 0.3) is 11.5 Å². The van der Waals surface area contributed by atoms with Gasteiger partial charge in [-0.2, -0.15) is 0 Å². The fourth-order valence-electron chi connectivity index (χ4n) is 3.77. The fourth-order valence-corrected chi connectivity index (χ4v) is 3.77. The van der Waals surface area contributed by atoms with Gasteiger partial charge in [0, 0.05) is 29.9 Å². The van der Waals surface area contributed by atoms with Crippen molar-refractivity contribution in [2.75, 3.05) is 24.6 Å². The number of hydrogen-bond acceptors (Lipinski definition) is 5. The third-order valence-electron chi connectivity index (χ3n) is 5.15. The number of nitrogens with one attached hydrogen (secondary N) is 2. The van der Waals surface area contributed by atoms with Gasteiger partial charge in [0.1, 0.15) is 11.6 Å². The minimum absolute atomic E-state index is 0.0817. The molecule has 1 amide bonds. The lowest BCUT2D eigenvalue weighted by molar-refractivity contribution is -0.124. The second-order valence-corrected chi connectivity index (χ2v) is 8.92. The van der Waals surface area contributed by atoms with Crippen LogP contribution < -0.4 is 20.5 Å². The summed E-state index contributed by atoms with van der Waals surface area (Å²) in [7, 11) is 0. The van der Waals surface area contributed by atoms with Gasteiger partial charge in [-0.05, 0) is 63.9 Å². The van der Waals surface area contributed by atoms with Crippen LogP contribution in [-0.4, -0.2) is 41.1 Å². The van der Waals surface area contributed by atoms with Crippen molar-refractivity contribution in [3.05, 3.63) is 52.8 Å². The van der Waals surface area contributed by atoms with E-state index in [9.17, 15) is 9.59 Å². The van der Waals surface area contributed by atoms with Gasteiger partial charge >= 0.3 is 0 Å². The first-order chi connectivity index (χ1) is 14.8. The number of nitrogens with zero attached hydrogens (tertiary/aromatic N) is 2. The van der Waals surface area contributed by atoms with Crippen LogP contribution in [0.1, 0.15) is 33.6 Å². The van der Waals surface area contributed by atoms with E-state index in [1.807, 2.05) is 51.1 Å². The summed E-state index contributed by atoms with van der Waals surface area (Å²) in [6.07, 6.45) is 2.36. The molecule has 0 atom stereocenters. The van der Waals surface area contributed by atoms with Crippen LogP contribution in [0, 0.1) is 0 Å². The molecule has 0 aliphatic carbocycles. The molecule has 7 nitrogen and oxygen atoms in total. The molecule has 0 spiro atoms. The zero-order chi connectivity index (χ0) is 22.0. The SMILES string of the molecule is CC(C)(C)NC(=O)COc1cccc(-c2nc3ccc(N4CCCC4)cc3c(=O)[nH]2)c1. The summed E-state index contributed by atoms with van der Waals surface area (Å²) in [6, 6.07) is 13.1. The standard InChI is InChI=1S/C24H28N4O3/c1-24(2,3)27-21(29)15-31-18-8-6-7-16(13-18)22-25-20-10-9-17(28-11-4-5-12-28)14-19(20)23(30)26-22/h6-10,13-14H,4-5,11-12,15H2,1-3H3,(H,27,29)(H,25,26,30). The van der Waals surface area contributed by atoms with Crippen molar-refractivity contribution in [2.24, 2.45) is 0 Å². The lowest BCUT2D eigenvalue weighted by Crippen LogP contribution is -2.43. The minimum atomic E-state index is -0.314. The van der Waals surface area contributed by atoms with Crippen molar-refractivity contribution in [1.29, 1.82) is 0 Å². The summed E-state index contributed by atoms with van der Waals surface area (Å²) in [4.78, 5) is 34.6. The third kappa shape index (κ3) is 5.05. The van der Waals surface area contributed by atoms with Gasteiger partial charge in [-0.25, -0.2) is 4.98 Å². The van der Waals surface area contributed by atoms with Gasteiger partial charge in [-0.3, -0.25) is 9.59 Å². The molecule has 1 aliphatic heterocycles. The maximum Gasteiger partial charge on any atom is 0.259 e.